The third-order valence-electron chi connectivity index (χ3n) is 6.77. The number of nitrogens with zero attached hydrogens (tertiary/aromatic N) is 5. The Morgan fingerprint density at radius 1 is 1.15 bits per heavy atom. The standard InChI is InChI=1S/C26H29ClF4N8O/c1-15-18(13-34-37(15)3)21(32)14-39(33)22-10-16(4-5-20(22)27)25(40)35-17-11-19(26(29,30)31)24(28)23(12-17)38-8-6-36(2)7-9-38/h4-5,10-14H,6-9,32-33H2,1-3H3,(H,35,40)/b21-14-. The first-order valence-electron chi connectivity index (χ1n) is 12.2. The van der Waals surface area contributed by atoms with E-state index in [9.17, 15) is 22.4 Å². The fraction of sp³-hybridized carbons (Fsp3) is 0.308. The van der Waals surface area contributed by atoms with Crippen LogP contribution in [0.4, 0.5) is 34.6 Å². The molecular formula is C26H29ClF4N8O. The van der Waals surface area contributed by atoms with E-state index in [1.54, 1.807) is 17.9 Å². The van der Waals surface area contributed by atoms with Crippen molar-refractivity contribution >= 4 is 40.3 Å². The van der Waals surface area contributed by atoms with Gasteiger partial charge < -0.3 is 20.9 Å². The number of rotatable bonds is 6. The Morgan fingerprint density at radius 3 is 2.42 bits per heavy atom. The second kappa shape index (κ2) is 11.4. The number of aryl methyl sites for hydroxylation is 1. The summed E-state index contributed by atoms with van der Waals surface area (Å²) in [6.07, 6.45) is -1.97. The quantitative estimate of drug-likeness (QED) is 0.228. The van der Waals surface area contributed by atoms with E-state index in [-0.39, 0.29) is 27.6 Å². The van der Waals surface area contributed by atoms with Crippen molar-refractivity contribution < 1.29 is 22.4 Å². The summed E-state index contributed by atoms with van der Waals surface area (Å²) in [5.41, 5.74) is 6.29. The molecular weight excluding hydrogens is 552 g/mol. The van der Waals surface area contributed by atoms with Gasteiger partial charge in [0.15, 0.2) is 5.82 Å². The Labute approximate surface area is 233 Å². The lowest BCUT2D eigenvalue weighted by atomic mass is 10.1. The van der Waals surface area contributed by atoms with Crippen molar-refractivity contribution in [2.45, 2.75) is 13.1 Å². The van der Waals surface area contributed by atoms with Crippen LogP contribution in [0.15, 0.2) is 42.7 Å². The van der Waals surface area contributed by atoms with Gasteiger partial charge >= 0.3 is 6.18 Å². The number of hydrogen-bond acceptors (Lipinski definition) is 7. The summed E-state index contributed by atoms with van der Waals surface area (Å²) in [7, 11) is 3.64. The molecule has 2 heterocycles. The molecule has 1 aliphatic rings. The Balaban J connectivity index is 1.62. The predicted molar refractivity (Wildman–Crippen MR) is 147 cm³/mol. The number of piperazine rings is 1. The largest absolute Gasteiger partial charge is 0.419 e. The zero-order valence-corrected chi connectivity index (χ0v) is 22.8. The monoisotopic (exact) mass is 580 g/mol. The molecule has 0 spiro atoms. The van der Waals surface area contributed by atoms with E-state index in [4.69, 9.17) is 23.2 Å². The van der Waals surface area contributed by atoms with Crippen molar-refractivity contribution in [3.05, 3.63) is 76.0 Å². The minimum atomic E-state index is -4.96. The van der Waals surface area contributed by atoms with Crippen LogP contribution >= 0.6 is 11.6 Å². The molecule has 9 nitrogen and oxygen atoms in total. The molecule has 1 amide bonds. The number of likely N-dealkylation sites (N-methyl/N-ethyl adjacent to an activating group) is 1. The van der Waals surface area contributed by atoms with Crippen molar-refractivity contribution in [1.82, 2.24) is 14.7 Å². The van der Waals surface area contributed by atoms with Gasteiger partial charge in [0.1, 0.15) is 0 Å². The van der Waals surface area contributed by atoms with E-state index in [1.807, 2.05) is 18.9 Å². The Hall–Kier alpha value is -3.81. The average Bonchev–Trinajstić information content (AvgIpc) is 3.23. The highest BCUT2D eigenvalue weighted by atomic mass is 35.5. The summed E-state index contributed by atoms with van der Waals surface area (Å²) >= 11 is 6.31. The maximum absolute atomic E-state index is 15.0. The van der Waals surface area contributed by atoms with Crippen LogP contribution in [0.25, 0.3) is 5.70 Å². The number of nitrogens with one attached hydrogen (secondary N) is 1. The van der Waals surface area contributed by atoms with Crippen LogP contribution in [0.1, 0.15) is 27.2 Å². The van der Waals surface area contributed by atoms with E-state index in [1.165, 1.54) is 35.4 Å². The molecule has 1 aromatic heterocycles. The van der Waals surface area contributed by atoms with Crippen LogP contribution in [-0.4, -0.2) is 53.8 Å². The van der Waals surface area contributed by atoms with Gasteiger partial charge in [0.2, 0.25) is 0 Å². The molecule has 4 rings (SSSR count). The molecule has 0 atom stereocenters. The molecule has 1 saturated heterocycles. The van der Waals surface area contributed by atoms with Crippen molar-refractivity contribution in [2.24, 2.45) is 18.6 Å². The molecule has 40 heavy (non-hydrogen) atoms. The van der Waals surface area contributed by atoms with Gasteiger partial charge in [-0.25, -0.2) is 10.2 Å². The number of amides is 1. The molecule has 3 aromatic rings. The van der Waals surface area contributed by atoms with Gasteiger partial charge in [-0.2, -0.15) is 18.3 Å². The number of halogens is 5. The normalized spacial score (nSPS) is 14.9. The summed E-state index contributed by atoms with van der Waals surface area (Å²) in [4.78, 5) is 16.6. The highest BCUT2D eigenvalue weighted by Gasteiger charge is 2.37. The Morgan fingerprint density at radius 2 is 1.82 bits per heavy atom. The molecule has 2 aromatic carbocycles. The first kappa shape index (κ1) is 29.2. The molecule has 214 valence electrons. The highest BCUT2D eigenvalue weighted by molar-refractivity contribution is 6.33. The minimum Gasteiger partial charge on any atom is -0.397 e. The van der Waals surface area contributed by atoms with E-state index in [0.29, 0.717) is 43.5 Å². The molecule has 1 aliphatic heterocycles. The van der Waals surface area contributed by atoms with Crippen molar-refractivity contribution in [2.75, 3.05) is 48.5 Å². The lowest BCUT2D eigenvalue weighted by Crippen LogP contribution is -2.45. The second-order valence-corrected chi connectivity index (χ2v) is 9.93. The number of aromatic nitrogens is 2. The van der Waals surface area contributed by atoms with E-state index in [0.717, 1.165) is 10.7 Å². The first-order valence-corrected chi connectivity index (χ1v) is 12.6. The molecule has 0 bridgehead atoms. The first-order chi connectivity index (χ1) is 18.8. The lowest BCUT2D eigenvalue weighted by molar-refractivity contribution is -0.139. The molecule has 0 saturated carbocycles. The molecule has 0 aliphatic carbocycles. The smallest absolute Gasteiger partial charge is 0.397 e. The van der Waals surface area contributed by atoms with E-state index in [2.05, 4.69) is 10.4 Å². The number of nitrogens with two attached hydrogens (primary N) is 2. The molecule has 5 N–H and O–H groups in total. The number of carbonyl (C=O) groups excluding carboxylic acids is 1. The summed E-state index contributed by atoms with van der Waals surface area (Å²) in [6, 6.07) is 5.97. The highest BCUT2D eigenvalue weighted by Crippen LogP contribution is 2.38. The maximum atomic E-state index is 15.0. The SMILES string of the molecule is Cc1c(/C(N)=C/N(N)c2cc(C(=O)Nc3cc(N4CCN(C)CC4)c(F)c(C(F)(F)F)c3)ccc2Cl)cnn1C. The van der Waals surface area contributed by atoms with Crippen LogP contribution < -0.4 is 26.8 Å². The Kier molecular flexibility index (Phi) is 8.28. The maximum Gasteiger partial charge on any atom is 0.419 e. The summed E-state index contributed by atoms with van der Waals surface area (Å²) < 4.78 is 57.7. The molecule has 0 unspecified atom stereocenters. The second-order valence-electron chi connectivity index (χ2n) is 9.52. The third-order valence-corrected chi connectivity index (χ3v) is 7.09. The zero-order chi connectivity index (χ0) is 29.4. The number of hydrazine groups is 1. The fourth-order valence-corrected chi connectivity index (χ4v) is 4.51. The topological polar surface area (TPSA) is 109 Å². The van der Waals surface area contributed by atoms with Gasteiger partial charge in [0, 0.05) is 61.9 Å². The van der Waals surface area contributed by atoms with Gasteiger partial charge in [-0.1, -0.05) is 11.6 Å². The number of alkyl halides is 3. The summed E-state index contributed by atoms with van der Waals surface area (Å²) in [5.74, 6) is 4.05. The number of carbonyl (C=O) groups is 1. The van der Waals surface area contributed by atoms with Crippen molar-refractivity contribution in [1.29, 1.82) is 0 Å². The Bertz CT molecular complexity index is 1450. The number of hydrogen-bond donors (Lipinski definition) is 3. The number of anilines is 3. The van der Waals surface area contributed by atoms with Gasteiger partial charge in [-0.15, -0.1) is 0 Å². The van der Waals surface area contributed by atoms with Crippen LogP contribution in [0.5, 0.6) is 0 Å². The van der Waals surface area contributed by atoms with Gasteiger partial charge in [-0.3, -0.25) is 14.5 Å². The third kappa shape index (κ3) is 6.16. The number of benzene rings is 2. The van der Waals surface area contributed by atoms with Gasteiger partial charge in [0.05, 0.1) is 33.9 Å². The summed E-state index contributed by atoms with van der Waals surface area (Å²) in [5, 5.41) is 7.92. The molecule has 0 radical (unpaired) electrons. The van der Waals surface area contributed by atoms with Crippen molar-refractivity contribution in [3.8, 4) is 0 Å². The lowest BCUT2D eigenvalue weighted by Gasteiger charge is -2.34. The molecule has 14 heteroatoms. The van der Waals surface area contributed by atoms with Crippen LogP contribution in [0.3, 0.4) is 0 Å². The summed E-state index contributed by atoms with van der Waals surface area (Å²) in [6.45, 7) is 3.62. The van der Waals surface area contributed by atoms with Crippen LogP contribution in [0, 0.1) is 12.7 Å². The van der Waals surface area contributed by atoms with E-state index >= 15 is 0 Å². The minimum absolute atomic E-state index is 0.0541. The van der Waals surface area contributed by atoms with Crippen LogP contribution in [-0.2, 0) is 13.2 Å². The average molecular weight is 581 g/mol. The van der Waals surface area contributed by atoms with Gasteiger partial charge in [0.25, 0.3) is 5.91 Å². The van der Waals surface area contributed by atoms with E-state index < -0.39 is 23.5 Å². The molecule has 1 fully saturated rings. The zero-order valence-electron chi connectivity index (χ0n) is 22.1. The van der Waals surface area contributed by atoms with Crippen LogP contribution in [0.2, 0.25) is 5.02 Å². The fourth-order valence-electron chi connectivity index (χ4n) is 4.29. The van der Waals surface area contributed by atoms with Gasteiger partial charge in [-0.05, 0) is 44.3 Å². The predicted octanol–water partition coefficient (Wildman–Crippen LogP) is 4.18. The van der Waals surface area contributed by atoms with Crippen molar-refractivity contribution in [3.63, 3.8) is 0 Å².